The van der Waals surface area contributed by atoms with Crippen molar-refractivity contribution in [3.05, 3.63) is 12.2 Å². The Balaban J connectivity index is 2.43. The zero-order valence-electron chi connectivity index (χ0n) is 33.1. The number of ether oxygens (including phenoxy) is 2. The Morgan fingerprint density at radius 1 is 0.585 bits per heavy atom. The molecule has 0 spiro atoms. The van der Waals surface area contributed by atoms with Gasteiger partial charge in [-0.15, -0.1) is 0 Å². The standard InChI is InChI=1S/C40H77O12P/c1-3-5-7-9-11-13-15-16-17-18-19-21-23-25-27-29-34(41)51-33(31-49-30-28-26-24-22-20-14-12-10-8-6-4-2)32-50-53(47,48)52-40-38(45)36(43)35(42)37(44)39(40)46/h8,10,33,35-40,42-46H,3-7,9,11-32H2,1-2H3,(H,47,48)/b10-8-. The molecule has 314 valence electrons. The van der Waals surface area contributed by atoms with Crippen LogP contribution in [0.5, 0.6) is 0 Å². The van der Waals surface area contributed by atoms with E-state index in [-0.39, 0.29) is 13.0 Å². The number of hydrogen-bond acceptors (Lipinski definition) is 11. The van der Waals surface area contributed by atoms with Gasteiger partial charge >= 0.3 is 13.8 Å². The molecule has 6 atom stereocenters. The maximum atomic E-state index is 12.8. The molecule has 0 radical (unpaired) electrons. The first kappa shape index (κ1) is 50.1. The predicted molar refractivity (Wildman–Crippen MR) is 207 cm³/mol. The lowest BCUT2D eigenvalue weighted by atomic mass is 9.85. The van der Waals surface area contributed by atoms with Crippen molar-refractivity contribution in [2.45, 2.75) is 217 Å². The minimum Gasteiger partial charge on any atom is -0.457 e. The number of phosphoric acid groups is 1. The summed E-state index contributed by atoms with van der Waals surface area (Å²) < 4.78 is 34.0. The molecule has 0 amide bonds. The predicted octanol–water partition coefficient (Wildman–Crippen LogP) is 7.58. The number of allylic oxidation sites excluding steroid dienone is 2. The molecule has 1 aliphatic rings. The Hall–Kier alpha value is -0.920. The van der Waals surface area contributed by atoms with E-state index >= 15 is 0 Å². The highest BCUT2D eigenvalue weighted by Crippen LogP contribution is 2.47. The van der Waals surface area contributed by atoms with Crippen molar-refractivity contribution in [2.75, 3.05) is 19.8 Å². The lowest BCUT2D eigenvalue weighted by Crippen LogP contribution is -2.64. The quantitative estimate of drug-likeness (QED) is 0.0160. The molecular weight excluding hydrogens is 703 g/mol. The van der Waals surface area contributed by atoms with Gasteiger partial charge in [-0.25, -0.2) is 4.57 Å². The molecule has 0 aliphatic heterocycles. The fourth-order valence-electron chi connectivity index (χ4n) is 6.48. The molecule has 53 heavy (non-hydrogen) atoms. The number of carbonyl (C=O) groups is 1. The van der Waals surface area contributed by atoms with Crippen LogP contribution in [0.2, 0.25) is 0 Å². The second-order valence-electron chi connectivity index (χ2n) is 14.8. The average Bonchev–Trinajstić information content (AvgIpc) is 3.14. The van der Waals surface area contributed by atoms with Crippen molar-refractivity contribution in [1.82, 2.24) is 0 Å². The molecule has 6 unspecified atom stereocenters. The summed E-state index contributed by atoms with van der Waals surface area (Å²) >= 11 is 0. The molecule has 1 aliphatic carbocycles. The van der Waals surface area contributed by atoms with E-state index in [4.69, 9.17) is 18.5 Å². The molecule has 0 heterocycles. The van der Waals surface area contributed by atoms with Gasteiger partial charge in [0.15, 0.2) is 0 Å². The van der Waals surface area contributed by atoms with Gasteiger partial charge in [0.2, 0.25) is 0 Å². The zero-order valence-corrected chi connectivity index (χ0v) is 34.0. The third-order valence-electron chi connectivity index (χ3n) is 9.87. The Labute approximate surface area is 320 Å². The summed E-state index contributed by atoms with van der Waals surface area (Å²) in [5.41, 5.74) is 0. The monoisotopic (exact) mass is 781 g/mol. The van der Waals surface area contributed by atoms with Gasteiger partial charge in [0.05, 0.1) is 13.2 Å². The summed E-state index contributed by atoms with van der Waals surface area (Å²) in [5, 5.41) is 50.0. The first-order valence-electron chi connectivity index (χ1n) is 21.0. The van der Waals surface area contributed by atoms with E-state index in [2.05, 4.69) is 26.0 Å². The van der Waals surface area contributed by atoms with Crippen LogP contribution in [0.25, 0.3) is 0 Å². The van der Waals surface area contributed by atoms with Gasteiger partial charge < -0.3 is 39.9 Å². The molecule has 0 aromatic carbocycles. The van der Waals surface area contributed by atoms with Crippen molar-refractivity contribution >= 4 is 13.8 Å². The minimum atomic E-state index is -5.01. The van der Waals surface area contributed by atoms with Crippen LogP contribution in [0.4, 0.5) is 0 Å². The van der Waals surface area contributed by atoms with Crippen LogP contribution in [-0.2, 0) is 27.9 Å². The molecule has 0 saturated heterocycles. The maximum Gasteiger partial charge on any atom is 0.472 e. The van der Waals surface area contributed by atoms with Crippen LogP contribution in [0, 0.1) is 0 Å². The fraction of sp³-hybridized carbons (Fsp3) is 0.925. The minimum absolute atomic E-state index is 0.0764. The summed E-state index contributed by atoms with van der Waals surface area (Å²) in [6, 6.07) is 0. The van der Waals surface area contributed by atoms with Gasteiger partial charge in [0.25, 0.3) is 0 Å². The maximum absolute atomic E-state index is 12.8. The highest BCUT2D eigenvalue weighted by molar-refractivity contribution is 7.47. The van der Waals surface area contributed by atoms with E-state index in [1.54, 1.807) is 0 Å². The molecule has 1 rings (SSSR count). The van der Waals surface area contributed by atoms with Crippen molar-refractivity contribution in [1.29, 1.82) is 0 Å². The lowest BCUT2D eigenvalue weighted by Gasteiger charge is -2.41. The number of aliphatic hydroxyl groups excluding tert-OH is 5. The van der Waals surface area contributed by atoms with Gasteiger partial charge in [-0.3, -0.25) is 13.8 Å². The molecule has 0 aromatic rings. The molecular formula is C40H77O12P. The molecule has 12 nitrogen and oxygen atoms in total. The van der Waals surface area contributed by atoms with Crippen molar-refractivity contribution in [3.63, 3.8) is 0 Å². The third kappa shape index (κ3) is 25.1. The van der Waals surface area contributed by atoms with Crippen LogP contribution in [0.15, 0.2) is 12.2 Å². The van der Waals surface area contributed by atoms with Crippen LogP contribution >= 0.6 is 7.82 Å². The highest BCUT2D eigenvalue weighted by Gasteiger charge is 2.51. The Kier molecular flexibility index (Phi) is 30.4. The third-order valence-corrected chi connectivity index (χ3v) is 10.9. The Morgan fingerprint density at radius 3 is 1.57 bits per heavy atom. The molecule has 0 bridgehead atoms. The van der Waals surface area contributed by atoms with Crippen molar-refractivity contribution in [2.24, 2.45) is 0 Å². The fourth-order valence-corrected chi connectivity index (χ4v) is 7.45. The number of aliphatic hydroxyl groups is 5. The van der Waals surface area contributed by atoms with Crippen LogP contribution in [0.1, 0.15) is 174 Å². The SMILES string of the molecule is CCC/C=C\CCCCCCCCOCC(COP(=O)(O)OC1C(O)C(O)C(O)C(O)C1O)OC(=O)CCCCCCCCCCCCCCCCC. The molecule has 1 fully saturated rings. The van der Waals surface area contributed by atoms with Gasteiger partial charge in [0.1, 0.15) is 42.7 Å². The van der Waals surface area contributed by atoms with Crippen molar-refractivity contribution in [3.8, 4) is 0 Å². The van der Waals surface area contributed by atoms with Crippen LogP contribution in [-0.4, -0.2) is 98.9 Å². The van der Waals surface area contributed by atoms with Gasteiger partial charge in [-0.2, -0.15) is 0 Å². The number of hydrogen-bond donors (Lipinski definition) is 6. The smallest absolute Gasteiger partial charge is 0.457 e. The largest absolute Gasteiger partial charge is 0.472 e. The molecule has 6 N–H and O–H groups in total. The number of phosphoric ester groups is 1. The topological polar surface area (TPSA) is 192 Å². The number of esters is 1. The van der Waals surface area contributed by atoms with E-state index in [0.29, 0.717) is 13.0 Å². The van der Waals surface area contributed by atoms with Gasteiger partial charge in [-0.1, -0.05) is 148 Å². The summed E-state index contributed by atoms with van der Waals surface area (Å²) in [4.78, 5) is 23.0. The van der Waals surface area contributed by atoms with Gasteiger partial charge in [-0.05, 0) is 32.1 Å². The van der Waals surface area contributed by atoms with Crippen LogP contribution < -0.4 is 0 Å². The van der Waals surface area contributed by atoms with E-state index in [1.807, 2.05) is 0 Å². The van der Waals surface area contributed by atoms with E-state index in [9.17, 15) is 39.8 Å². The second kappa shape index (κ2) is 32.2. The Morgan fingerprint density at radius 2 is 1.04 bits per heavy atom. The summed E-state index contributed by atoms with van der Waals surface area (Å²) in [5.74, 6) is -0.478. The molecule has 13 heteroatoms. The zero-order chi connectivity index (χ0) is 39.2. The Bertz CT molecular complexity index is 937. The summed E-state index contributed by atoms with van der Waals surface area (Å²) in [6.45, 7) is 4.19. The summed E-state index contributed by atoms with van der Waals surface area (Å²) in [6.07, 6.45) is 20.0. The van der Waals surface area contributed by atoms with E-state index < -0.39 is 63.1 Å². The molecule has 1 saturated carbocycles. The van der Waals surface area contributed by atoms with Crippen LogP contribution in [0.3, 0.4) is 0 Å². The second-order valence-corrected chi connectivity index (χ2v) is 16.3. The van der Waals surface area contributed by atoms with Crippen molar-refractivity contribution < 1.29 is 58.3 Å². The van der Waals surface area contributed by atoms with E-state index in [0.717, 1.165) is 57.8 Å². The lowest BCUT2D eigenvalue weighted by molar-refractivity contribution is -0.220. The summed E-state index contributed by atoms with van der Waals surface area (Å²) in [7, 11) is -5.01. The number of unbranched alkanes of at least 4 members (excludes halogenated alkanes) is 21. The number of rotatable bonds is 35. The normalized spacial score (nSPS) is 23.7. The first-order chi connectivity index (χ1) is 25.5. The highest BCUT2D eigenvalue weighted by atomic mass is 31.2. The van der Waals surface area contributed by atoms with E-state index in [1.165, 1.54) is 89.9 Å². The van der Waals surface area contributed by atoms with Gasteiger partial charge in [0, 0.05) is 13.0 Å². The first-order valence-corrected chi connectivity index (χ1v) is 22.5. The average molecular weight is 781 g/mol. The molecule has 0 aromatic heterocycles. The number of carbonyl (C=O) groups excluding carboxylic acids is 1.